The molecule has 23 heavy (non-hydrogen) atoms. The molecule has 0 aliphatic carbocycles. The lowest BCUT2D eigenvalue weighted by atomic mass is 10.0. The summed E-state index contributed by atoms with van der Waals surface area (Å²) in [6.07, 6.45) is 3.75. The highest BCUT2D eigenvalue weighted by atomic mass is 32.2. The minimum atomic E-state index is -3.17. The van der Waals surface area contributed by atoms with Gasteiger partial charge in [-0.3, -0.25) is 4.98 Å². The molecule has 0 aliphatic heterocycles. The van der Waals surface area contributed by atoms with E-state index in [9.17, 15) is 8.42 Å². The predicted molar refractivity (Wildman–Crippen MR) is 92.7 cm³/mol. The zero-order valence-electron chi connectivity index (χ0n) is 12.9. The standard InChI is InChI=1S/C18H18N2O2S/c1-23(21,22)20-13-15-8-6-14(7-9-15)12-18-17-5-3-2-4-16(17)10-11-19-18/h2-11,20H,12-13H2,1H3. The van der Waals surface area contributed by atoms with E-state index in [0.717, 1.165) is 34.9 Å². The van der Waals surface area contributed by atoms with Gasteiger partial charge >= 0.3 is 0 Å². The van der Waals surface area contributed by atoms with Crippen LogP contribution >= 0.6 is 0 Å². The second-order valence-corrected chi connectivity index (χ2v) is 7.40. The first-order valence-corrected chi connectivity index (χ1v) is 9.25. The van der Waals surface area contributed by atoms with Crippen molar-refractivity contribution in [2.45, 2.75) is 13.0 Å². The van der Waals surface area contributed by atoms with E-state index in [2.05, 4.69) is 21.8 Å². The predicted octanol–water partition coefficient (Wildman–Crippen LogP) is 2.87. The Balaban J connectivity index is 1.77. The van der Waals surface area contributed by atoms with Gasteiger partial charge in [0.05, 0.1) is 11.9 Å². The van der Waals surface area contributed by atoms with E-state index in [4.69, 9.17) is 0 Å². The Bertz CT molecular complexity index is 914. The van der Waals surface area contributed by atoms with E-state index in [1.54, 1.807) is 0 Å². The molecule has 0 saturated carbocycles. The summed E-state index contributed by atoms with van der Waals surface area (Å²) in [6.45, 7) is 0.311. The minimum absolute atomic E-state index is 0.311. The highest BCUT2D eigenvalue weighted by Gasteiger charge is 2.05. The Morgan fingerprint density at radius 3 is 2.39 bits per heavy atom. The summed E-state index contributed by atoms with van der Waals surface area (Å²) in [5, 5.41) is 2.35. The number of aromatic nitrogens is 1. The van der Waals surface area contributed by atoms with Crippen LogP contribution in [0.25, 0.3) is 10.8 Å². The fourth-order valence-electron chi connectivity index (χ4n) is 2.51. The van der Waals surface area contributed by atoms with Gasteiger partial charge in [0.2, 0.25) is 10.0 Å². The number of pyridine rings is 1. The molecule has 0 saturated heterocycles. The van der Waals surface area contributed by atoms with Crippen LogP contribution < -0.4 is 4.72 Å². The normalized spacial score (nSPS) is 11.7. The maximum absolute atomic E-state index is 11.1. The lowest BCUT2D eigenvalue weighted by Gasteiger charge is -2.07. The van der Waals surface area contributed by atoms with Crippen molar-refractivity contribution in [2.75, 3.05) is 6.26 Å². The molecule has 0 bridgehead atoms. The molecular formula is C18H18N2O2S. The molecular weight excluding hydrogens is 308 g/mol. The molecule has 0 spiro atoms. The first kappa shape index (κ1) is 15.6. The second kappa shape index (κ2) is 6.48. The number of nitrogens with one attached hydrogen (secondary N) is 1. The quantitative estimate of drug-likeness (QED) is 0.784. The molecule has 0 fully saturated rings. The first-order chi connectivity index (χ1) is 11.0. The molecule has 0 unspecified atom stereocenters. The van der Waals surface area contributed by atoms with E-state index < -0.39 is 10.0 Å². The largest absolute Gasteiger partial charge is 0.260 e. The summed E-state index contributed by atoms with van der Waals surface area (Å²) in [5.41, 5.74) is 3.13. The lowest BCUT2D eigenvalue weighted by Crippen LogP contribution is -2.21. The number of nitrogens with zero attached hydrogens (tertiary/aromatic N) is 1. The van der Waals surface area contributed by atoms with Crippen LogP contribution in [0.5, 0.6) is 0 Å². The summed E-state index contributed by atoms with van der Waals surface area (Å²) in [7, 11) is -3.17. The number of hydrogen-bond donors (Lipinski definition) is 1. The van der Waals surface area contributed by atoms with Gasteiger partial charge in [0.1, 0.15) is 0 Å². The van der Waals surface area contributed by atoms with E-state index >= 15 is 0 Å². The van der Waals surface area contributed by atoms with Crippen molar-refractivity contribution >= 4 is 20.8 Å². The topological polar surface area (TPSA) is 59.1 Å². The summed E-state index contributed by atoms with van der Waals surface area (Å²) in [5.74, 6) is 0. The fraction of sp³-hybridized carbons (Fsp3) is 0.167. The van der Waals surface area contributed by atoms with Crippen LogP contribution in [0.3, 0.4) is 0 Å². The molecule has 1 N–H and O–H groups in total. The summed E-state index contributed by atoms with van der Waals surface area (Å²) >= 11 is 0. The fourth-order valence-corrected chi connectivity index (χ4v) is 2.93. The van der Waals surface area contributed by atoms with Crippen LogP contribution in [0.1, 0.15) is 16.8 Å². The molecule has 0 atom stereocenters. The summed E-state index contributed by atoms with van der Waals surface area (Å²) in [6, 6.07) is 18.1. The Kier molecular flexibility index (Phi) is 4.41. The Morgan fingerprint density at radius 2 is 1.65 bits per heavy atom. The Morgan fingerprint density at radius 1 is 0.957 bits per heavy atom. The molecule has 3 aromatic rings. The Hall–Kier alpha value is -2.24. The number of sulfonamides is 1. The molecule has 118 valence electrons. The smallest absolute Gasteiger partial charge is 0.209 e. The van der Waals surface area contributed by atoms with E-state index in [0.29, 0.717) is 6.54 Å². The molecule has 3 rings (SSSR count). The average Bonchev–Trinajstić information content (AvgIpc) is 2.54. The van der Waals surface area contributed by atoms with Crippen molar-refractivity contribution in [3.8, 4) is 0 Å². The van der Waals surface area contributed by atoms with Gasteiger partial charge in [-0.15, -0.1) is 0 Å². The second-order valence-electron chi connectivity index (χ2n) is 5.57. The van der Waals surface area contributed by atoms with Crippen LogP contribution in [-0.2, 0) is 23.0 Å². The average molecular weight is 326 g/mol. The van der Waals surface area contributed by atoms with Crippen molar-refractivity contribution in [2.24, 2.45) is 0 Å². The van der Waals surface area contributed by atoms with Crippen LogP contribution in [0.15, 0.2) is 60.8 Å². The van der Waals surface area contributed by atoms with Gasteiger partial charge in [-0.05, 0) is 22.6 Å². The molecule has 5 heteroatoms. The van der Waals surface area contributed by atoms with Crippen LogP contribution in [0.2, 0.25) is 0 Å². The third-order valence-corrected chi connectivity index (χ3v) is 4.36. The van der Waals surface area contributed by atoms with Crippen LogP contribution in [0.4, 0.5) is 0 Å². The molecule has 4 nitrogen and oxygen atoms in total. The van der Waals surface area contributed by atoms with Gasteiger partial charge < -0.3 is 0 Å². The van der Waals surface area contributed by atoms with Crippen LogP contribution in [0, 0.1) is 0 Å². The highest BCUT2D eigenvalue weighted by molar-refractivity contribution is 7.88. The van der Waals surface area contributed by atoms with E-state index in [-0.39, 0.29) is 0 Å². The van der Waals surface area contributed by atoms with Gasteiger partial charge in [-0.1, -0.05) is 48.5 Å². The highest BCUT2D eigenvalue weighted by Crippen LogP contribution is 2.19. The molecule has 1 aromatic heterocycles. The maximum Gasteiger partial charge on any atom is 0.209 e. The molecule has 0 radical (unpaired) electrons. The molecule has 1 heterocycles. The monoisotopic (exact) mass is 326 g/mol. The number of fused-ring (bicyclic) bond motifs is 1. The van der Waals surface area contributed by atoms with E-state index in [1.807, 2.05) is 48.7 Å². The zero-order valence-corrected chi connectivity index (χ0v) is 13.7. The van der Waals surface area contributed by atoms with Crippen molar-refractivity contribution in [3.63, 3.8) is 0 Å². The number of hydrogen-bond acceptors (Lipinski definition) is 3. The van der Waals surface area contributed by atoms with E-state index in [1.165, 1.54) is 5.39 Å². The summed E-state index contributed by atoms with van der Waals surface area (Å²) in [4.78, 5) is 4.50. The number of rotatable bonds is 5. The summed E-state index contributed by atoms with van der Waals surface area (Å²) < 4.78 is 24.7. The first-order valence-electron chi connectivity index (χ1n) is 7.36. The van der Waals surface area contributed by atoms with Crippen molar-refractivity contribution in [3.05, 3.63) is 77.6 Å². The van der Waals surface area contributed by atoms with Crippen LogP contribution in [-0.4, -0.2) is 19.7 Å². The molecule has 0 aliphatic rings. The third kappa shape index (κ3) is 4.15. The molecule has 0 amide bonds. The third-order valence-electron chi connectivity index (χ3n) is 3.69. The van der Waals surface area contributed by atoms with Crippen molar-refractivity contribution in [1.29, 1.82) is 0 Å². The van der Waals surface area contributed by atoms with Gasteiger partial charge in [-0.2, -0.15) is 0 Å². The van der Waals surface area contributed by atoms with Crippen molar-refractivity contribution in [1.82, 2.24) is 9.71 Å². The van der Waals surface area contributed by atoms with Crippen molar-refractivity contribution < 1.29 is 8.42 Å². The SMILES string of the molecule is CS(=O)(=O)NCc1ccc(Cc2nccc3ccccc23)cc1. The van der Waals surface area contributed by atoms with Gasteiger partial charge in [0.15, 0.2) is 0 Å². The molecule has 2 aromatic carbocycles. The van der Waals surface area contributed by atoms with Gasteiger partial charge in [0.25, 0.3) is 0 Å². The van der Waals surface area contributed by atoms with Gasteiger partial charge in [0, 0.05) is 24.5 Å². The Labute approximate surface area is 136 Å². The minimum Gasteiger partial charge on any atom is -0.260 e. The zero-order chi connectivity index (χ0) is 16.3. The number of benzene rings is 2. The lowest BCUT2D eigenvalue weighted by molar-refractivity contribution is 0.587. The maximum atomic E-state index is 11.1. The van der Waals surface area contributed by atoms with Gasteiger partial charge in [-0.25, -0.2) is 13.1 Å².